The van der Waals surface area contributed by atoms with Gasteiger partial charge in [-0.25, -0.2) is 15.0 Å². The van der Waals surface area contributed by atoms with E-state index in [1.165, 1.54) is 17.2 Å². The van der Waals surface area contributed by atoms with E-state index in [-0.39, 0.29) is 0 Å². The van der Waals surface area contributed by atoms with Gasteiger partial charge in [-0.05, 0) is 5.56 Å². The SMILES string of the molecule is OCC1O[C@@H](O[C@H]2[C@@H](O)[C@H](n3cnc4c(NCc5ccccc5)ncnc43)O[C@@H]2CO)C(O)C(O)C1O. The molecule has 4 heterocycles. The molecule has 2 aromatic heterocycles. The van der Waals surface area contributed by atoms with Gasteiger partial charge in [-0.15, -0.1) is 0 Å². The van der Waals surface area contributed by atoms with E-state index in [4.69, 9.17) is 14.2 Å². The number of hydrogen-bond acceptors (Lipinski definition) is 13. The summed E-state index contributed by atoms with van der Waals surface area (Å²) >= 11 is 0. The number of benzene rings is 1. The summed E-state index contributed by atoms with van der Waals surface area (Å²) < 4.78 is 18.4. The molecule has 3 aromatic rings. The Balaban J connectivity index is 1.35. The van der Waals surface area contributed by atoms with Crippen LogP contribution in [-0.4, -0.2) is 112 Å². The minimum atomic E-state index is -1.68. The van der Waals surface area contributed by atoms with Gasteiger partial charge >= 0.3 is 0 Å². The van der Waals surface area contributed by atoms with Gasteiger partial charge < -0.3 is 50.2 Å². The molecule has 2 aliphatic rings. The summed E-state index contributed by atoms with van der Waals surface area (Å²) in [5.41, 5.74) is 1.84. The predicted molar refractivity (Wildman–Crippen MR) is 125 cm³/mol. The van der Waals surface area contributed by atoms with Crippen molar-refractivity contribution < 1.29 is 44.8 Å². The molecule has 37 heavy (non-hydrogen) atoms. The fraction of sp³-hybridized carbons (Fsp3) is 0.522. The van der Waals surface area contributed by atoms with Crippen molar-refractivity contribution in [3.8, 4) is 0 Å². The lowest BCUT2D eigenvalue weighted by Gasteiger charge is -2.41. The van der Waals surface area contributed by atoms with Crippen molar-refractivity contribution in [1.82, 2.24) is 19.5 Å². The summed E-state index contributed by atoms with van der Waals surface area (Å²) in [5.74, 6) is 0.480. The predicted octanol–water partition coefficient (Wildman–Crippen LogP) is -2.13. The molecule has 0 aliphatic carbocycles. The molecular formula is C23H29N5O9. The highest BCUT2D eigenvalue weighted by atomic mass is 16.7. The first-order valence-electron chi connectivity index (χ1n) is 11.8. The second-order valence-corrected chi connectivity index (χ2v) is 8.92. The lowest BCUT2D eigenvalue weighted by atomic mass is 9.99. The third kappa shape index (κ3) is 4.90. The fourth-order valence-electron chi connectivity index (χ4n) is 4.55. The van der Waals surface area contributed by atoms with Gasteiger partial charge in [0.2, 0.25) is 0 Å². The maximum atomic E-state index is 11.1. The van der Waals surface area contributed by atoms with Crippen LogP contribution in [0.25, 0.3) is 11.2 Å². The quantitative estimate of drug-likeness (QED) is 0.170. The molecule has 2 fully saturated rings. The van der Waals surface area contributed by atoms with Crippen molar-refractivity contribution in [3.05, 3.63) is 48.5 Å². The first kappa shape index (κ1) is 25.8. The van der Waals surface area contributed by atoms with Crippen molar-refractivity contribution in [2.45, 2.75) is 61.8 Å². The Hall–Kier alpha value is -2.79. The molecule has 1 aromatic carbocycles. The van der Waals surface area contributed by atoms with Crippen LogP contribution in [0.4, 0.5) is 5.82 Å². The number of rotatable bonds is 8. The lowest BCUT2D eigenvalue weighted by Crippen LogP contribution is -2.60. The minimum Gasteiger partial charge on any atom is -0.394 e. The van der Waals surface area contributed by atoms with Crippen molar-refractivity contribution in [2.75, 3.05) is 18.5 Å². The van der Waals surface area contributed by atoms with E-state index in [0.717, 1.165) is 5.56 Å². The van der Waals surface area contributed by atoms with E-state index in [9.17, 15) is 30.6 Å². The van der Waals surface area contributed by atoms with E-state index in [1.54, 1.807) is 0 Å². The second-order valence-electron chi connectivity index (χ2n) is 8.92. The number of aliphatic hydroxyl groups excluding tert-OH is 6. The highest BCUT2D eigenvalue weighted by molar-refractivity contribution is 5.82. The largest absolute Gasteiger partial charge is 0.394 e. The Morgan fingerprint density at radius 2 is 1.62 bits per heavy atom. The second kappa shape index (κ2) is 10.9. The number of hydrogen-bond donors (Lipinski definition) is 7. The Bertz CT molecular complexity index is 1180. The highest BCUT2D eigenvalue weighted by Gasteiger charge is 2.51. The molecule has 0 bridgehead atoms. The van der Waals surface area contributed by atoms with Crippen LogP contribution in [0.5, 0.6) is 0 Å². The van der Waals surface area contributed by atoms with Gasteiger partial charge in [0, 0.05) is 6.54 Å². The molecule has 2 aliphatic heterocycles. The normalized spacial score (nSPS) is 34.2. The van der Waals surface area contributed by atoms with Crippen molar-refractivity contribution in [2.24, 2.45) is 0 Å². The summed E-state index contributed by atoms with van der Waals surface area (Å²) in [6, 6.07) is 9.73. The van der Waals surface area contributed by atoms with E-state index in [0.29, 0.717) is 23.5 Å². The maximum absolute atomic E-state index is 11.1. The highest BCUT2D eigenvalue weighted by Crippen LogP contribution is 2.36. The molecule has 9 atom stereocenters. The standard InChI is InChI=1S/C23H29N5O9/c29-7-12-15(31)16(32)17(33)23(36-12)37-19-13(8-30)35-22(18(19)34)28-10-27-14-20(25-9-26-21(14)28)24-6-11-4-2-1-3-5-11/h1-5,9-10,12-13,15-19,22-23,29-34H,6-8H2,(H,24,25,26)/t12?,13-,15?,16?,17?,18-,19-,22-,23+/m1/s1. The molecule has 5 rings (SSSR count). The smallest absolute Gasteiger partial charge is 0.187 e. The van der Waals surface area contributed by atoms with Crippen LogP contribution in [0.15, 0.2) is 43.0 Å². The van der Waals surface area contributed by atoms with Crippen molar-refractivity contribution >= 4 is 17.0 Å². The van der Waals surface area contributed by atoms with E-state index in [1.807, 2.05) is 30.3 Å². The van der Waals surface area contributed by atoms with Crippen LogP contribution in [0, 0.1) is 0 Å². The van der Waals surface area contributed by atoms with Crippen LogP contribution < -0.4 is 5.32 Å². The average molecular weight is 520 g/mol. The zero-order valence-corrected chi connectivity index (χ0v) is 19.6. The minimum absolute atomic E-state index is 0.361. The number of anilines is 1. The molecule has 4 unspecified atom stereocenters. The third-order valence-electron chi connectivity index (χ3n) is 6.56. The number of imidazole rings is 1. The number of ether oxygens (including phenoxy) is 3. The molecule has 200 valence electrons. The topological polar surface area (TPSA) is 205 Å². The Kier molecular flexibility index (Phi) is 7.62. The van der Waals surface area contributed by atoms with Crippen LogP contribution in [0.3, 0.4) is 0 Å². The molecule has 0 amide bonds. The van der Waals surface area contributed by atoms with Crippen molar-refractivity contribution in [1.29, 1.82) is 0 Å². The summed E-state index contributed by atoms with van der Waals surface area (Å²) in [4.78, 5) is 12.9. The third-order valence-corrected chi connectivity index (χ3v) is 6.56. The number of fused-ring (bicyclic) bond motifs is 1. The molecule has 7 N–H and O–H groups in total. The molecule has 0 spiro atoms. The van der Waals surface area contributed by atoms with Crippen LogP contribution in [0.2, 0.25) is 0 Å². The Morgan fingerprint density at radius 3 is 2.35 bits per heavy atom. The maximum Gasteiger partial charge on any atom is 0.187 e. The van der Waals surface area contributed by atoms with Crippen molar-refractivity contribution in [3.63, 3.8) is 0 Å². The monoisotopic (exact) mass is 519 g/mol. The van der Waals surface area contributed by atoms with E-state index < -0.39 is 68.5 Å². The summed E-state index contributed by atoms with van der Waals surface area (Å²) in [6.07, 6.45) is -9.53. The molecule has 14 heteroatoms. The van der Waals surface area contributed by atoms with Gasteiger partial charge in [-0.3, -0.25) is 4.57 Å². The molecular weight excluding hydrogens is 490 g/mol. The van der Waals surface area contributed by atoms with Gasteiger partial charge in [0.05, 0.1) is 19.5 Å². The number of aliphatic hydroxyl groups is 6. The van der Waals surface area contributed by atoms with Gasteiger partial charge in [-0.1, -0.05) is 30.3 Å². The Labute approximate surface area is 210 Å². The summed E-state index contributed by atoms with van der Waals surface area (Å²) in [6.45, 7) is -0.674. The van der Waals surface area contributed by atoms with Crippen LogP contribution in [-0.2, 0) is 20.8 Å². The van der Waals surface area contributed by atoms with E-state index in [2.05, 4.69) is 20.3 Å². The van der Waals surface area contributed by atoms with Gasteiger partial charge in [0.1, 0.15) is 49.1 Å². The Morgan fingerprint density at radius 1 is 0.865 bits per heavy atom. The summed E-state index contributed by atoms with van der Waals surface area (Å²) in [7, 11) is 0. The number of nitrogens with zero attached hydrogens (tertiary/aromatic N) is 4. The summed E-state index contributed by atoms with van der Waals surface area (Å²) in [5, 5.41) is 64.0. The molecule has 2 saturated heterocycles. The van der Waals surface area contributed by atoms with E-state index >= 15 is 0 Å². The molecule has 14 nitrogen and oxygen atoms in total. The first-order valence-corrected chi connectivity index (χ1v) is 11.8. The molecule has 0 saturated carbocycles. The van der Waals surface area contributed by atoms with Crippen LogP contribution >= 0.6 is 0 Å². The van der Waals surface area contributed by atoms with Gasteiger partial charge in [0.15, 0.2) is 29.5 Å². The van der Waals surface area contributed by atoms with Gasteiger partial charge in [-0.2, -0.15) is 0 Å². The first-order chi connectivity index (χ1) is 17.9. The lowest BCUT2D eigenvalue weighted by molar-refractivity contribution is -0.318. The number of nitrogens with one attached hydrogen (secondary N) is 1. The van der Waals surface area contributed by atoms with Crippen LogP contribution in [0.1, 0.15) is 11.8 Å². The zero-order valence-electron chi connectivity index (χ0n) is 19.6. The zero-order chi connectivity index (χ0) is 26.1. The number of aromatic nitrogens is 4. The molecule has 0 radical (unpaired) electrons. The average Bonchev–Trinajstić information content (AvgIpc) is 3.49. The fourth-order valence-corrected chi connectivity index (χ4v) is 4.55. The van der Waals surface area contributed by atoms with Gasteiger partial charge in [0.25, 0.3) is 0 Å².